The summed E-state index contributed by atoms with van der Waals surface area (Å²) in [7, 11) is 0. The Hall–Kier alpha value is -1.49. The summed E-state index contributed by atoms with van der Waals surface area (Å²) in [4.78, 5) is 20.0. The van der Waals surface area contributed by atoms with Crippen LogP contribution in [0.4, 0.5) is 0 Å². The van der Waals surface area contributed by atoms with Crippen LogP contribution < -0.4 is 0 Å². The molecular formula is C6H5NO4. The summed E-state index contributed by atoms with van der Waals surface area (Å²) in [6.07, 6.45) is 1.77. The first-order chi connectivity index (χ1) is 5.11. The van der Waals surface area contributed by atoms with Crippen molar-refractivity contribution in [2.75, 3.05) is 0 Å². The van der Waals surface area contributed by atoms with Crippen LogP contribution in [0.1, 0.15) is 0 Å². The van der Waals surface area contributed by atoms with Crippen LogP contribution in [0.2, 0.25) is 0 Å². The molecule has 1 aliphatic carbocycles. The fourth-order valence-electron chi connectivity index (χ4n) is 0.677. The number of hydrogen-bond donors (Lipinski definition) is 1. The molecule has 0 radical (unpaired) electrons. The lowest BCUT2D eigenvalue weighted by atomic mass is 10.1. The number of ketones is 1. The Bertz CT molecular complexity index is 266. The molecule has 0 amide bonds. The quantitative estimate of drug-likeness (QED) is 0.414. The van der Waals surface area contributed by atoms with Crippen LogP contribution in [0, 0.1) is 10.1 Å². The molecule has 1 rings (SSSR count). The van der Waals surface area contributed by atoms with Gasteiger partial charge in [-0.2, -0.15) is 0 Å². The highest BCUT2D eigenvalue weighted by molar-refractivity contribution is 5.96. The van der Waals surface area contributed by atoms with E-state index in [-0.39, 0.29) is 5.70 Å². The van der Waals surface area contributed by atoms with E-state index in [1.807, 2.05) is 0 Å². The lowest BCUT2D eigenvalue weighted by molar-refractivity contribution is -0.419. The normalized spacial score (nSPS) is 23.2. The van der Waals surface area contributed by atoms with Crippen LogP contribution in [-0.4, -0.2) is 21.9 Å². The highest BCUT2D eigenvalue weighted by Crippen LogP contribution is 2.07. The molecule has 1 atom stereocenters. The molecule has 0 saturated carbocycles. The zero-order chi connectivity index (χ0) is 8.43. The van der Waals surface area contributed by atoms with Gasteiger partial charge in [-0.3, -0.25) is 14.9 Å². The second-order valence-corrected chi connectivity index (χ2v) is 2.03. The van der Waals surface area contributed by atoms with Crippen molar-refractivity contribution in [2.45, 2.75) is 6.10 Å². The second kappa shape index (κ2) is 2.63. The third-order valence-electron chi connectivity index (χ3n) is 1.24. The molecule has 5 nitrogen and oxygen atoms in total. The summed E-state index contributed by atoms with van der Waals surface area (Å²) in [5.41, 5.74) is -0.291. The highest BCUT2D eigenvalue weighted by atomic mass is 16.6. The lowest BCUT2D eigenvalue weighted by Gasteiger charge is -2.03. The van der Waals surface area contributed by atoms with Crippen molar-refractivity contribution in [3.8, 4) is 0 Å². The minimum Gasteiger partial charge on any atom is -0.381 e. The third kappa shape index (κ3) is 1.50. The molecule has 5 heteroatoms. The van der Waals surface area contributed by atoms with Crippen LogP contribution in [-0.2, 0) is 4.79 Å². The van der Waals surface area contributed by atoms with Crippen molar-refractivity contribution in [1.29, 1.82) is 0 Å². The van der Waals surface area contributed by atoms with Crippen molar-refractivity contribution in [2.24, 2.45) is 0 Å². The van der Waals surface area contributed by atoms with Gasteiger partial charge in [0.05, 0.1) is 11.0 Å². The molecule has 0 aromatic rings. The lowest BCUT2D eigenvalue weighted by Crippen LogP contribution is -2.19. The van der Waals surface area contributed by atoms with E-state index in [4.69, 9.17) is 5.11 Å². The van der Waals surface area contributed by atoms with Crippen LogP contribution in [0.5, 0.6) is 0 Å². The molecule has 0 spiro atoms. The minimum atomic E-state index is -1.22. The zero-order valence-electron chi connectivity index (χ0n) is 5.43. The Morgan fingerprint density at radius 2 is 2.27 bits per heavy atom. The molecule has 1 N–H and O–H groups in total. The molecular weight excluding hydrogens is 150 g/mol. The van der Waals surface area contributed by atoms with Gasteiger partial charge in [-0.15, -0.1) is 0 Å². The Balaban J connectivity index is 2.89. The van der Waals surface area contributed by atoms with Crippen LogP contribution in [0.3, 0.4) is 0 Å². The van der Waals surface area contributed by atoms with Crippen LogP contribution in [0.25, 0.3) is 0 Å². The van der Waals surface area contributed by atoms with E-state index in [0.29, 0.717) is 0 Å². The summed E-state index contributed by atoms with van der Waals surface area (Å²) in [5.74, 6) is -0.654. The Labute approximate surface area is 61.8 Å². The van der Waals surface area contributed by atoms with E-state index in [2.05, 4.69) is 0 Å². The molecule has 0 aromatic carbocycles. The number of hydrogen-bond acceptors (Lipinski definition) is 4. The monoisotopic (exact) mass is 155 g/mol. The number of carbonyl (C=O) groups is 1. The molecule has 0 saturated heterocycles. The van der Waals surface area contributed by atoms with Gasteiger partial charge >= 0.3 is 0 Å². The summed E-state index contributed by atoms with van der Waals surface area (Å²) < 4.78 is 0. The maximum atomic E-state index is 10.6. The molecule has 0 fully saturated rings. The van der Waals surface area contributed by atoms with Gasteiger partial charge in [0.1, 0.15) is 6.10 Å². The second-order valence-electron chi connectivity index (χ2n) is 2.03. The van der Waals surface area contributed by atoms with E-state index in [0.717, 1.165) is 18.2 Å². The van der Waals surface area contributed by atoms with Gasteiger partial charge in [0.25, 0.3) is 5.70 Å². The SMILES string of the molecule is O=C1C=C([N+](=O)[O-])C=CC1O. The molecule has 0 heterocycles. The third-order valence-corrected chi connectivity index (χ3v) is 1.24. The average molecular weight is 155 g/mol. The first-order valence-corrected chi connectivity index (χ1v) is 2.87. The Morgan fingerprint density at radius 3 is 2.73 bits per heavy atom. The standard InChI is InChI=1S/C6H5NO4/c8-5-2-1-4(7(10)11)3-6(5)9/h1-3,5,8H. The van der Waals surface area contributed by atoms with Gasteiger partial charge in [-0.25, -0.2) is 0 Å². The number of carbonyl (C=O) groups excluding carboxylic acids is 1. The summed E-state index contributed by atoms with van der Waals surface area (Å²) in [5, 5.41) is 18.8. The fraction of sp³-hybridized carbons (Fsp3) is 0.167. The van der Waals surface area contributed by atoms with Gasteiger partial charge in [-0.05, 0) is 6.08 Å². The predicted molar refractivity (Wildman–Crippen MR) is 35.2 cm³/mol. The van der Waals surface area contributed by atoms with E-state index < -0.39 is 16.8 Å². The Morgan fingerprint density at radius 1 is 1.64 bits per heavy atom. The van der Waals surface area contributed by atoms with E-state index in [1.165, 1.54) is 0 Å². The summed E-state index contributed by atoms with van der Waals surface area (Å²) in [6.45, 7) is 0. The van der Waals surface area contributed by atoms with Crippen molar-refractivity contribution >= 4 is 5.78 Å². The van der Waals surface area contributed by atoms with Gasteiger partial charge in [0, 0.05) is 6.08 Å². The van der Waals surface area contributed by atoms with Gasteiger partial charge in [0.2, 0.25) is 0 Å². The van der Waals surface area contributed by atoms with Crippen LogP contribution >= 0.6 is 0 Å². The van der Waals surface area contributed by atoms with E-state index >= 15 is 0 Å². The molecule has 11 heavy (non-hydrogen) atoms. The summed E-state index contributed by atoms with van der Waals surface area (Å²) in [6, 6.07) is 0. The maximum Gasteiger partial charge on any atom is 0.272 e. The molecule has 0 aromatic heterocycles. The van der Waals surface area contributed by atoms with E-state index in [9.17, 15) is 14.9 Å². The smallest absolute Gasteiger partial charge is 0.272 e. The highest BCUT2D eigenvalue weighted by Gasteiger charge is 2.19. The zero-order valence-corrected chi connectivity index (χ0v) is 5.43. The number of nitrogens with zero attached hydrogens (tertiary/aromatic N) is 1. The number of nitro groups is 1. The van der Waals surface area contributed by atoms with Gasteiger partial charge < -0.3 is 5.11 Å². The fourth-order valence-corrected chi connectivity index (χ4v) is 0.677. The largest absolute Gasteiger partial charge is 0.381 e. The molecule has 0 bridgehead atoms. The van der Waals surface area contributed by atoms with Crippen molar-refractivity contribution in [3.05, 3.63) is 34.0 Å². The first kappa shape index (κ1) is 7.62. The van der Waals surface area contributed by atoms with Crippen LogP contribution in [0.15, 0.2) is 23.9 Å². The minimum absolute atomic E-state index is 0.291. The summed E-state index contributed by atoms with van der Waals surface area (Å²) >= 11 is 0. The van der Waals surface area contributed by atoms with Gasteiger partial charge in [-0.1, -0.05) is 0 Å². The maximum absolute atomic E-state index is 10.6. The van der Waals surface area contributed by atoms with Gasteiger partial charge in [0.15, 0.2) is 5.78 Å². The topological polar surface area (TPSA) is 80.4 Å². The average Bonchev–Trinajstić information content (AvgIpc) is 1.94. The number of aliphatic hydroxyl groups is 1. The van der Waals surface area contributed by atoms with Crippen molar-refractivity contribution in [3.63, 3.8) is 0 Å². The molecule has 1 aliphatic rings. The molecule has 58 valence electrons. The molecule has 0 aliphatic heterocycles. The number of rotatable bonds is 1. The molecule has 1 unspecified atom stereocenters. The number of allylic oxidation sites excluding steroid dienone is 1. The number of aliphatic hydroxyl groups excluding tert-OH is 1. The first-order valence-electron chi connectivity index (χ1n) is 2.87. The predicted octanol–water partition coefficient (Wildman–Crippen LogP) is -0.353. The Kier molecular flexibility index (Phi) is 1.82. The van der Waals surface area contributed by atoms with Crippen molar-refractivity contribution < 1.29 is 14.8 Å². The van der Waals surface area contributed by atoms with Crippen molar-refractivity contribution in [1.82, 2.24) is 0 Å². The van der Waals surface area contributed by atoms with E-state index in [1.54, 1.807) is 0 Å².